The Kier molecular flexibility index (Phi) is 3.23. The third-order valence-corrected chi connectivity index (χ3v) is 1.72. The summed E-state index contributed by atoms with van der Waals surface area (Å²) >= 11 is 0. The molecule has 0 heterocycles. The lowest BCUT2D eigenvalue weighted by molar-refractivity contribution is -0.141. The Bertz CT molecular complexity index is 237. The van der Waals surface area contributed by atoms with Crippen LogP contribution in [-0.2, 0) is 14.3 Å². The van der Waals surface area contributed by atoms with E-state index in [1.807, 2.05) is 0 Å². The van der Waals surface area contributed by atoms with Crippen LogP contribution < -0.4 is 0 Å². The van der Waals surface area contributed by atoms with Gasteiger partial charge < -0.3 is 4.74 Å². The van der Waals surface area contributed by atoms with Crippen LogP contribution in [0.25, 0.3) is 0 Å². The van der Waals surface area contributed by atoms with Crippen LogP contribution in [0, 0.1) is 5.92 Å². The number of rotatable bonds is 4. The third-order valence-electron chi connectivity index (χ3n) is 1.72. The quantitative estimate of drug-likeness (QED) is 0.488. The molecule has 0 unspecified atom stereocenters. The van der Waals surface area contributed by atoms with Crippen molar-refractivity contribution >= 4 is 11.8 Å². The van der Waals surface area contributed by atoms with Gasteiger partial charge in [0, 0.05) is 12.0 Å². The monoisotopic (exact) mass is 182 g/mol. The van der Waals surface area contributed by atoms with E-state index >= 15 is 0 Å². The van der Waals surface area contributed by atoms with Crippen LogP contribution in [0.5, 0.6) is 0 Å². The molecule has 0 N–H and O–H groups in total. The molecule has 0 aromatic carbocycles. The van der Waals surface area contributed by atoms with E-state index in [9.17, 15) is 9.59 Å². The van der Waals surface area contributed by atoms with E-state index < -0.39 is 5.97 Å². The molecule has 0 aromatic rings. The van der Waals surface area contributed by atoms with Gasteiger partial charge >= 0.3 is 5.97 Å². The molecule has 3 heteroatoms. The molecule has 0 bridgehead atoms. The van der Waals surface area contributed by atoms with Gasteiger partial charge in [0.15, 0.2) is 5.78 Å². The van der Waals surface area contributed by atoms with Crippen LogP contribution in [0.1, 0.15) is 26.7 Å². The van der Waals surface area contributed by atoms with Crippen molar-refractivity contribution in [3.63, 3.8) is 0 Å². The minimum absolute atomic E-state index is 0.0423. The molecule has 0 amide bonds. The summed E-state index contributed by atoms with van der Waals surface area (Å²) in [4.78, 5) is 22.0. The summed E-state index contributed by atoms with van der Waals surface area (Å²) in [5.74, 6) is -0.229. The predicted molar refractivity (Wildman–Crippen MR) is 48.1 cm³/mol. The Morgan fingerprint density at radius 1 is 1.31 bits per heavy atom. The number of allylic oxidation sites excluding steroid dienone is 1. The second kappa shape index (κ2) is 4.21. The van der Waals surface area contributed by atoms with Gasteiger partial charge in [-0.15, -0.1) is 0 Å². The average Bonchev–Trinajstić information content (AvgIpc) is 2.80. The fraction of sp³-hybridized carbons (Fsp3) is 0.600. The molecule has 1 fully saturated rings. The van der Waals surface area contributed by atoms with Gasteiger partial charge in [0.2, 0.25) is 0 Å². The number of hydrogen-bond acceptors (Lipinski definition) is 3. The minimum atomic E-state index is -0.441. The molecule has 0 aromatic heterocycles. The van der Waals surface area contributed by atoms with Crippen LogP contribution in [0.4, 0.5) is 0 Å². The standard InChI is InChI=1S/C10H14O3/c1-7(2)13-10(12)6-5-9(11)8-3-4-8/h5-8H,3-4H2,1-2H3/b6-5+. The predicted octanol–water partition coefficient (Wildman–Crippen LogP) is 1.47. The average molecular weight is 182 g/mol. The molecule has 3 nitrogen and oxygen atoms in total. The number of hydrogen-bond donors (Lipinski definition) is 0. The molecular formula is C10H14O3. The summed E-state index contributed by atoms with van der Waals surface area (Å²) < 4.78 is 4.82. The van der Waals surface area contributed by atoms with Gasteiger partial charge in [-0.25, -0.2) is 4.79 Å². The Labute approximate surface area is 77.8 Å². The van der Waals surface area contributed by atoms with Gasteiger partial charge in [0.25, 0.3) is 0 Å². The van der Waals surface area contributed by atoms with Gasteiger partial charge in [0.05, 0.1) is 6.10 Å². The van der Waals surface area contributed by atoms with Crippen molar-refractivity contribution in [2.24, 2.45) is 5.92 Å². The van der Waals surface area contributed by atoms with Crippen molar-refractivity contribution in [2.45, 2.75) is 32.8 Å². The first kappa shape index (κ1) is 9.96. The van der Waals surface area contributed by atoms with Crippen LogP contribution in [-0.4, -0.2) is 17.9 Å². The van der Waals surface area contributed by atoms with Gasteiger partial charge in [-0.05, 0) is 32.8 Å². The first-order chi connectivity index (χ1) is 6.09. The molecule has 1 aliphatic carbocycles. The molecule has 1 aliphatic rings. The highest BCUT2D eigenvalue weighted by atomic mass is 16.5. The van der Waals surface area contributed by atoms with E-state index in [1.165, 1.54) is 12.2 Å². The lowest BCUT2D eigenvalue weighted by Gasteiger charge is -2.03. The minimum Gasteiger partial charge on any atom is -0.460 e. The Balaban J connectivity index is 2.29. The number of ether oxygens (including phenoxy) is 1. The van der Waals surface area contributed by atoms with Gasteiger partial charge in [-0.3, -0.25) is 4.79 Å². The maximum atomic E-state index is 11.1. The zero-order valence-electron chi connectivity index (χ0n) is 7.95. The SMILES string of the molecule is CC(C)OC(=O)/C=C/C(=O)C1CC1. The molecule has 0 radical (unpaired) electrons. The van der Waals surface area contributed by atoms with Crippen molar-refractivity contribution in [2.75, 3.05) is 0 Å². The molecule has 1 rings (SSSR count). The van der Waals surface area contributed by atoms with Gasteiger partial charge in [-0.2, -0.15) is 0 Å². The topological polar surface area (TPSA) is 43.4 Å². The van der Waals surface area contributed by atoms with Crippen LogP contribution in [0.3, 0.4) is 0 Å². The van der Waals surface area contributed by atoms with E-state index in [1.54, 1.807) is 13.8 Å². The number of carbonyl (C=O) groups excluding carboxylic acids is 2. The Morgan fingerprint density at radius 3 is 2.38 bits per heavy atom. The Morgan fingerprint density at radius 2 is 1.92 bits per heavy atom. The zero-order chi connectivity index (χ0) is 9.84. The molecule has 0 saturated heterocycles. The molecular weight excluding hydrogens is 168 g/mol. The van der Waals surface area contributed by atoms with Crippen molar-refractivity contribution in [1.29, 1.82) is 0 Å². The fourth-order valence-electron chi connectivity index (χ4n) is 0.926. The lowest BCUT2D eigenvalue weighted by atomic mass is 10.2. The van der Waals surface area contributed by atoms with Gasteiger partial charge in [-0.1, -0.05) is 0 Å². The summed E-state index contributed by atoms with van der Waals surface area (Å²) in [7, 11) is 0. The molecule has 0 atom stereocenters. The van der Waals surface area contributed by atoms with Crippen molar-refractivity contribution in [3.8, 4) is 0 Å². The van der Waals surface area contributed by atoms with E-state index in [0.717, 1.165) is 12.8 Å². The van der Waals surface area contributed by atoms with Crippen LogP contribution in [0.15, 0.2) is 12.2 Å². The molecule has 1 saturated carbocycles. The fourth-order valence-corrected chi connectivity index (χ4v) is 0.926. The maximum absolute atomic E-state index is 11.1. The maximum Gasteiger partial charge on any atom is 0.331 e. The van der Waals surface area contributed by atoms with E-state index in [4.69, 9.17) is 4.74 Å². The highest BCUT2D eigenvalue weighted by molar-refractivity contribution is 5.98. The first-order valence-corrected chi connectivity index (χ1v) is 4.52. The highest BCUT2D eigenvalue weighted by Crippen LogP contribution is 2.29. The van der Waals surface area contributed by atoms with Crippen LogP contribution >= 0.6 is 0 Å². The third kappa shape index (κ3) is 3.87. The van der Waals surface area contributed by atoms with Crippen molar-refractivity contribution in [1.82, 2.24) is 0 Å². The molecule has 13 heavy (non-hydrogen) atoms. The first-order valence-electron chi connectivity index (χ1n) is 4.52. The molecule has 72 valence electrons. The summed E-state index contributed by atoms with van der Waals surface area (Å²) in [6.07, 6.45) is 4.32. The van der Waals surface area contributed by atoms with E-state index in [0.29, 0.717) is 0 Å². The van der Waals surface area contributed by atoms with Gasteiger partial charge in [0.1, 0.15) is 0 Å². The number of esters is 1. The second-order valence-corrected chi connectivity index (χ2v) is 3.50. The highest BCUT2D eigenvalue weighted by Gasteiger charge is 2.27. The molecule has 0 spiro atoms. The second-order valence-electron chi connectivity index (χ2n) is 3.50. The lowest BCUT2D eigenvalue weighted by Crippen LogP contribution is -2.09. The zero-order valence-corrected chi connectivity index (χ0v) is 7.95. The van der Waals surface area contributed by atoms with E-state index in [2.05, 4.69) is 0 Å². The number of carbonyl (C=O) groups is 2. The summed E-state index contributed by atoms with van der Waals surface area (Å²) in [5, 5.41) is 0. The summed E-state index contributed by atoms with van der Waals surface area (Å²) in [6.45, 7) is 3.54. The molecule has 0 aliphatic heterocycles. The normalized spacial score (nSPS) is 16.5. The largest absolute Gasteiger partial charge is 0.460 e. The van der Waals surface area contributed by atoms with E-state index in [-0.39, 0.29) is 17.8 Å². The van der Waals surface area contributed by atoms with Crippen molar-refractivity contribution in [3.05, 3.63) is 12.2 Å². The Hall–Kier alpha value is -1.12. The summed E-state index contributed by atoms with van der Waals surface area (Å²) in [6, 6.07) is 0. The number of ketones is 1. The smallest absolute Gasteiger partial charge is 0.331 e. The van der Waals surface area contributed by atoms with Crippen LogP contribution in [0.2, 0.25) is 0 Å². The van der Waals surface area contributed by atoms with Crippen molar-refractivity contribution < 1.29 is 14.3 Å². The summed E-state index contributed by atoms with van der Waals surface area (Å²) in [5.41, 5.74) is 0.